The third kappa shape index (κ3) is 4.43. The Hall–Kier alpha value is -2.22. The summed E-state index contributed by atoms with van der Waals surface area (Å²) < 4.78 is 26.9. The van der Waals surface area contributed by atoms with E-state index in [4.69, 9.17) is 0 Å². The van der Waals surface area contributed by atoms with E-state index in [2.05, 4.69) is 48.4 Å². The van der Waals surface area contributed by atoms with Gasteiger partial charge in [-0.3, -0.25) is 0 Å². The van der Waals surface area contributed by atoms with Gasteiger partial charge in [-0.1, -0.05) is 38.1 Å². The molecule has 30 heavy (non-hydrogen) atoms. The van der Waals surface area contributed by atoms with Crippen molar-refractivity contribution in [3.05, 3.63) is 59.5 Å². The van der Waals surface area contributed by atoms with Crippen LogP contribution in [-0.2, 0) is 10.0 Å². The summed E-state index contributed by atoms with van der Waals surface area (Å²) in [5.41, 5.74) is 4.09. The third-order valence-electron chi connectivity index (χ3n) is 5.70. The zero-order valence-electron chi connectivity index (χ0n) is 17.3. The highest BCUT2D eigenvalue weighted by atomic mass is 32.2. The topological polar surface area (TPSA) is 62.3 Å². The van der Waals surface area contributed by atoms with Crippen LogP contribution in [0.5, 0.6) is 0 Å². The SMILES string of the molecule is CC[C@H](C)c1ccc(Nc2nc(-c3ccc(S(=O)(=O)N4CCCC4)cc3)cs2)cc1. The molecular formula is C23H27N3O2S2. The molecule has 0 spiro atoms. The molecule has 158 valence electrons. The summed E-state index contributed by atoms with van der Waals surface area (Å²) in [6.07, 6.45) is 3.00. The molecule has 1 N–H and O–H groups in total. The number of benzene rings is 2. The highest BCUT2D eigenvalue weighted by Crippen LogP contribution is 2.29. The number of anilines is 2. The first kappa shape index (κ1) is 21.0. The lowest BCUT2D eigenvalue weighted by Crippen LogP contribution is -2.27. The fourth-order valence-corrected chi connectivity index (χ4v) is 5.85. The van der Waals surface area contributed by atoms with Crippen LogP contribution in [0.4, 0.5) is 10.8 Å². The summed E-state index contributed by atoms with van der Waals surface area (Å²) in [5.74, 6) is 0.558. The van der Waals surface area contributed by atoms with Gasteiger partial charge >= 0.3 is 0 Å². The molecule has 1 aliphatic heterocycles. The van der Waals surface area contributed by atoms with Crippen LogP contribution in [-0.4, -0.2) is 30.8 Å². The van der Waals surface area contributed by atoms with Crippen molar-refractivity contribution < 1.29 is 8.42 Å². The Labute approximate surface area is 182 Å². The molecule has 0 saturated carbocycles. The van der Waals surface area contributed by atoms with E-state index >= 15 is 0 Å². The average molecular weight is 442 g/mol. The normalized spacial score (nSPS) is 15.9. The Morgan fingerprint density at radius 1 is 1.07 bits per heavy atom. The number of thiazole rings is 1. The van der Waals surface area contributed by atoms with E-state index in [-0.39, 0.29) is 0 Å². The van der Waals surface area contributed by atoms with E-state index in [9.17, 15) is 8.42 Å². The quantitative estimate of drug-likeness (QED) is 0.499. The largest absolute Gasteiger partial charge is 0.332 e. The van der Waals surface area contributed by atoms with Gasteiger partial charge in [-0.2, -0.15) is 4.31 Å². The average Bonchev–Trinajstić information content (AvgIpc) is 3.47. The van der Waals surface area contributed by atoms with Crippen LogP contribution >= 0.6 is 11.3 Å². The number of rotatable bonds is 7. The van der Waals surface area contributed by atoms with Gasteiger partial charge in [0.2, 0.25) is 10.0 Å². The van der Waals surface area contributed by atoms with Gasteiger partial charge in [-0.25, -0.2) is 13.4 Å². The Kier molecular flexibility index (Phi) is 6.22. The van der Waals surface area contributed by atoms with Gasteiger partial charge in [0.25, 0.3) is 0 Å². The molecule has 7 heteroatoms. The van der Waals surface area contributed by atoms with Crippen LogP contribution < -0.4 is 5.32 Å². The lowest BCUT2D eigenvalue weighted by molar-refractivity contribution is 0.477. The number of nitrogens with zero attached hydrogens (tertiary/aromatic N) is 2. The fourth-order valence-electron chi connectivity index (χ4n) is 3.59. The van der Waals surface area contributed by atoms with E-state index in [1.807, 2.05) is 17.5 Å². The van der Waals surface area contributed by atoms with Gasteiger partial charge < -0.3 is 5.32 Å². The molecule has 2 heterocycles. The monoisotopic (exact) mass is 441 g/mol. The van der Waals surface area contributed by atoms with Crippen molar-refractivity contribution >= 4 is 32.2 Å². The minimum Gasteiger partial charge on any atom is -0.332 e. The summed E-state index contributed by atoms with van der Waals surface area (Å²) in [4.78, 5) is 5.02. The van der Waals surface area contributed by atoms with Crippen molar-refractivity contribution in [3.8, 4) is 11.3 Å². The standard InChI is InChI=1S/C23H27N3O2S2/c1-3-17(2)18-6-10-20(11-7-18)24-23-25-22(16-29-23)19-8-12-21(13-9-19)30(27,28)26-14-4-5-15-26/h6-13,16-17H,3-5,14-15H2,1-2H3,(H,24,25)/t17-/m0/s1. The third-order valence-corrected chi connectivity index (χ3v) is 8.37. The molecule has 0 bridgehead atoms. The molecule has 0 amide bonds. The van der Waals surface area contributed by atoms with Crippen molar-refractivity contribution in [3.63, 3.8) is 0 Å². The molecule has 1 aliphatic rings. The molecule has 4 rings (SSSR count). The molecular weight excluding hydrogens is 414 g/mol. The van der Waals surface area contributed by atoms with Crippen molar-refractivity contribution in [1.82, 2.24) is 9.29 Å². The second-order valence-electron chi connectivity index (χ2n) is 7.73. The molecule has 1 atom stereocenters. The van der Waals surface area contributed by atoms with E-state index in [1.54, 1.807) is 16.4 Å². The molecule has 0 unspecified atom stereocenters. The maximum absolute atomic E-state index is 12.7. The predicted octanol–water partition coefficient (Wildman–Crippen LogP) is 5.85. The first-order valence-electron chi connectivity index (χ1n) is 10.4. The van der Waals surface area contributed by atoms with E-state index in [0.29, 0.717) is 23.9 Å². The van der Waals surface area contributed by atoms with Crippen molar-refractivity contribution in [1.29, 1.82) is 0 Å². The van der Waals surface area contributed by atoms with Crippen molar-refractivity contribution in [2.24, 2.45) is 0 Å². The zero-order valence-corrected chi connectivity index (χ0v) is 19.0. The maximum Gasteiger partial charge on any atom is 0.243 e. The summed E-state index contributed by atoms with van der Waals surface area (Å²) in [6.45, 7) is 5.66. The second-order valence-corrected chi connectivity index (χ2v) is 10.5. The highest BCUT2D eigenvalue weighted by molar-refractivity contribution is 7.89. The van der Waals surface area contributed by atoms with Crippen LogP contribution in [0.1, 0.15) is 44.6 Å². The minimum absolute atomic E-state index is 0.350. The van der Waals surface area contributed by atoms with E-state index < -0.39 is 10.0 Å². The molecule has 1 aromatic heterocycles. The summed E-state index contributed by atoms with van der Waals surface area (Å²) in [6, 6.07) is 15.5. The highest BCUT2D eigenvalue weighted by Gasteiger charge is 2.27. The Bertz CT molecular complexity index is 1080. The fraction of sp³-hybridized carbons (Fsp3) is 0.348. The summed E-state index contributed by atoms with van der Waals surface area (Å²) >= 11 is 1.54. The Morgan fingerprint density at radius 2 is 1.73 bits per heavy atom. The molecule has 0 aliphatic carbocycles. The predicted molar refractivity (Wildman–Crippen MR) is 124 cm³/mol. The summed E-state index contributed by atoms with van der Waals surface area (Å²) in [7, 11) is -3.38. The number of aromatic nitrogens is 1. The maximum atomic E-state index is 12.7. The van der Waals surface area contributed by atoms with E-state index in [1.165, 1.54) is 16.9 Å². The zero-order chi connectivity index (χ0) is 21.1. The lowest BCUT2D eigenvalue weighted by Gasteiger charge is -2.15. The first-order valence-corrected chi connectivity index (χ1v) is 12.7. The molecule has 2 aromatic carbocycles. The number of hydrogen-bond acceptors (Lipinski definition) is 5. The Morgan fingerprint density at radius 3 is 2.37 bits per heavy atom. The number of nitrogens with one attached hydrogen (secondary N) is 1. The smallest absolute Gasteiger partial charge is 0.243 e. The van der Waals surface area contributed by atoms with Crippen LogP contribution in [0, 0.1) is 0 Å². The van der Waals surface area contributed by atoms with Gasteiger partial charge in [0, 0.05) is 29.7 Å². The van der Waals surface area contributed by atoms with Crippen LogP contribution in [0.25, 0.3) is 11.3 Å². The van der Waals surface area contributed by atoms with E-state index in [0.717, 1.165) is 41.3 Å². The summed E-state index contributed by atoms with van der Waals surface area (Å²) in [5, 5.41) is 6.16. The number of hydrogen-bond donors (Lipinski definition) is 1. The van der Waals surface area contributed by atoms with Crippen molar-refractivity contribution in [2.75, 3.05) is 18.4 Å². The molecule has 0 radical (unpaired) electrons. The first-order chi connectivity index (χ1) is 14.5. The van der Waals surface area contributed by atoms with Gasteiger partial charge in [-0.05, 0) is 55.0 Å². The molecule has 1 saturated heterocycles. The van der Waals surface area contributed by atoms with Crippen LogP contribution in [0.2, 0.25) is 0 Å². The molecule has 3 aromatic rings. The Balaban J connectivity index is 1.46. The number of sulfonamides is 1. The van der Waals surface area contributed by atoms with Crippen LogP contribution in [0.15, 0.2) is 58.8 Å². The molecule has 1 fully saturated rings. The van der Waals surface area contributed by atoms with Gasteiger partial charge in [0.1, 0.15) is 0 Å². The minimum atomic E-state index is -3.38. The lowest BCUT2D eigenvalue weighted by atomic mass is 9.99. The van der Waals surface area contributed by atoms with Gasteiger partial charge in [-0.15, -0.1) is 11.3 Å². The van der Waals surface area contributed by atoms with Gasteiger partial charge in [0.05, 0.1) is 10.6 Å². The van der Waals surface area contributed by atoms with Crippen LogP contribution in [0.3, 0.4) is 0 Å². The van der Waals surface area contributed by atoms with Gasteiger partial charge in [0.15, 0.2) is 5.13 Å². The second kappa shape index (κ2) is 8.88. The molecule has 5 nitrogen and oxygen atoms in total. The van der Waals surface area contributed by atoms with Crippen molar-refractivity contribution in [2.45, 2.75) is 43.9 Å².